The number of hydrogen-bond acceptors (Lipinski definition) is 4. The van der Waals surface area contributed by atoms with Crippen LogP contribution in [0.4, 0.5) is 5.69 Å². The van der Waals surface area contributed by atoms with Crippen LogP contribution in [-0.4, -0.2) is 49.5 Å². The Morgan fingerprint density at radius 3 is 2.52 bits per heavy atom. The van der Waals surface area contributed by atoms with Crippen molar-refractivity contribution < 1.29 is 4.79 Å². The molecule has 0 aliphatic heterocycles. The van der Waals surface area contributed by atoms with E-state index >= 15 is 0 Å². The average Bonchev–Trinajstić information content (AvgIpc) is 2.61. The number of nitrogens with zero attached hydrogens (tertiary/aromatic N) is 2. The molecule has 0 atom stereocenters. The summed E-state index contributed by atoms with van der Waals surface area (Å²) in [6.07, 6.45) is 3.51. The summed E-state index contributed by atoms with van der Waals surface area (Å²) in [6, 6.07) is 11.3. The van der Waals surface area contributed by atoms with Crippen LogP contribution in [0.15, 0.2) is 42.6 Å². The Labute approximate surface area is 154 Å². The Bertz CT molecular complexity index is 656. The lowest BCUT2D eigenvalue weighted by atomic mass is 10.1. The molecular formula is C19H25ClN4O. The Hall–Kier alpha value is -2.11. The van der Waals surface area contributed by atoms with Crippen molar-refractivity contribution in [1.82, 2.24) is 15.2 Å². The summed E-state index contributed by atoms with van der Waals surface area (Å²) in [5, 5.41) is 6.90. The third-order valence-corrected chi connectivity index (χ3v) is 3.97. The van der Waals surface area contributed by atoms with Gasteiger partial charge in [-0.2, -0.15) is 0 Å². The molecule has 0 spiro atoms. The van der Waals surface area contributed by atoms with E-state index < -0.39 is 0 Å². The van der Waals surface area contributed by atoms with Gasteiger partial charge in [-0.15, -0.1) is 0 Å². The normalized spacial score (nSPS) is 10.7. The molecule has 0 saturated carbocycles. The smallest absolute Gasteiger partial charge is 0.269 e. The number of hydrogen-bond donors (Lipinski definition) is 2. The van der Waals surface area contributed by atoms with Gasteiger partial charge in [0.15, 0.2) is 0 Å². The molecule has 0 saturated heterocycles. The standard InChI is InChI=1S/C19H25ClN4O/c1-24(2)13-3-11-21-17-8-9-18(23-14-17)19(25)22-12-10-15-4-6-16(20)7-5-15/h4-9,14,21H,3,10-13H2,1-2H3,(H,22,25). The van der Waals surface area contributed by atoms with E-state index in [-0.39, 0.29) is 5.91 Å². The number of rotatable bonds is 9. The lowest BCUT2D eigenvalue weighted by Gasteiger charge is -2.10. The fourth-order valence-electron chi connectivity index (χ4n) is 2.32. The first kappa shape index (κ1) is 19.2. The molecule has 2 aromatic rings. The molecule has 2 rings (SSSR count). The predicted molar refractivity (Wildman–Crippen MR) is 103 cm³/mol. The van der Waals surface area contributed by atoms with E-state index in [1.54, 1.807) is 12.3 Å². The number of halogens is 1. The minimum atomic E-state index is -0.159. The molecule has 0 radical (unpaired) electrons. The fourth-order valence-corrected chi connectivity index (χ4v) is 2.45. The maximum atomic E-state index is 12.1. The van der Waals surface area contributed by atoms with Crippen LogP contribution in [0, 0.1) is 0 Å². The van der Waals surface area contributed by atoms with Crippen LogP contribution < -0.4 is 10.6 Å². The van der Waals surface area contributed by atoms with Gasteiger partial charge in [-0.3, -0.25) is 4.79 Å². The molecule has 0 aliphatic rings. The van der Waals surface area contributed by atoms with Gasteiger partial charge in [0.25, 0.3) is 5.91 Å². The number of pyridine rings is 1. The van der Waals surface area contributed by atoms with E-state index in [9.17, 15) is 4.79 Å². The molecule has 1 heterocycles. The first-order valence-electron chi connectivity index (χ1n) is 8.42. The second-order valence-electron chi connectivity index (χ2n) is 6.15. The third-order valence-electron chi connectivity index (χ3n) is 3.72. The zero-order chi connectivity index (χ0) is 18.1. The van der Waals surface area contributed by atoms with E-state index in [0.29, 0.717) is 17.3 Å². The molecule has 25 heavy (non-hydrogen) atoms. The topological polar surface area (TPSA) is 57.3 Å². The molecule has 1 amide bonds. The van der Waals surface area contributed by atoms with Gasteiger partial charge >= 0.3 is 0 Å². The van der Waals surface area contributed by atoms with Gasteiger partial charge in [-0.25, -0.2) is 4.98 Å². The minimum Gasteiger partial charge on any atom is -0.384 e. The summed E-state index contributed by atoms with van der Waals surface area (Å²) in [6.45, 7) is 2.48. The number of aromatic nitrogens is 1. The van der Waals surface area contributed by atoms with Crippen molar-refractivity contribution in [3.05, 3.63) is 58.9 Å². The highest BCUT2D eigenvalue weighted by molar-refractivity contribution is 6.30. The minimum absolute atomic E-state index is 0.159. The highest BCUT2D eigenvalue weighted by Gasteiger charge is 2.06. The van der Waals surface area contributed by atoms with Crippen LogP contribution in [0.3, 0.4) is 0 Å². The number of anilines is 1. The second kappa shape index (κ2) is 10.0. The van der Waals surface area contributed by atoms with Gasteiger partial charge in [0.1, 0.15) is 5.69 Å². The molecule has 2 N–H and O–H groups in total. The highest BCUT2D eigenvalue weighted by Crippen LogP contribution is 2.10. The monoisotopic (exact) mass is 360 g/mol. The zero-order valence-corrected chi connectivity index (χ0v) is 15.5. The Morgan fingerprint density at radius 1 is 1.12 bits per heavy atom. The number of nitrogens with one attached hydrogen (secondary N) is 2. The number of benzene rings is 1. The highest BCUT2D eigenvalue weighted by atomic mass is 35.5. The Kier molecular flexibility index (Phi) is 7.70. The quantitative estimate of drug-likeness (QED) is 0.675. The number of amides is 1. The summed E-state index contributed by atoms with van der Waals surface area (Å²) >= 11 is 5.86. The third kappa shape index (κ3) is 7.11. The first-order valence-corrected chi connectivity index (χ1v) is 8.79. The van der Waals surface area contributed by atoms with Gasteiger partial charge in [0.05, 0.1) is 11.9 Å². The maximum absolute atomic E-state index is 12.1. The Balaban J connectivity index is 1.73. The van der Waals surface area contributed by atoms with Gasteiger partial charge < -0.3 is 15.5 Å². The van der Waals surface area contributed by atoms with Crippen molar-refractivity contribution >= 4 is 23.2 Å². The second-order valence-corrected chi connectivity index (χ2v) is 6.58. The molecule has 0 bridgehead atoms. The largest absolute Gasteiger partial charge is 0.384 e. The zero-order valence-electron chi connectivity index (χ0n) is 14.8. The summed E-state index contributed by atoms with van der Waals surface area (Å²) in [7, 11) is 4.11. The van der Waals surface area contributed by atoms with Gasteiger partial charge in [0, 0.05) is 18.1 Å². The lowest BCUT2D eigenvalue weighted by Crippen LogP contribution is -2.26. The summed E-state index contributed by atoms with van der Waals surface area (Å²) in [4.78, 5) is 18.5. The van der Waals surface area contributed by atoms with Crippen molar-refractivity contribution in [3.63, 3.8) is 0 Å². The Morgan fingerprint density at radius 2 is 1.88 bits per heavy atom. The lowest BCUT2D eigenvalue weighted by molar-refractivity contribution is 0.0949. The molecule has 0 aliphatic carbocycles. The SMILES string of the molecule is CN(C)CCCNc1ccc(C(=O)NCCc2ccc(Cl)cc2)nc1. The number of carbonyl (C=O) groups is 1. The molecule has 0 unspecified atom stereocenters. The average molecular weight is 361 g/mol. The van der Waals surface area contributed by atoms with Crippen LogP contribution in [0.25, 0.3) is 0 Å². The van der Waals surface area contributed by atoms with Gasteiger partial charge in [-0.05, 0) is 63.3 Å². The molecule has 5 nitrogen and oxygen atoms in total. The van der Waals surface area contributed by atoms with Crippen molar-refractivity contribution in [2.24, 2.45) is 0 Å². The van der Waals surface area contributed by atoms with Crippen LogP contribution in [0.2, 0.25) is 5.02 Å². The molecule has 134 valence electrons. The fraction of sp³-hybridized carbons (Fsp3) is 0.368. The van der Waals surface area contributed by atoms with Crippen molar-refractivity contribution in [2.45, 2.75) is 12.8 Å². The van der Waals surface area contributed by atoms with Gasteiger partial charge in [0.2, 0.25) is 0 Å². The van der Waals surface area contributed by atoms with Gasteiger partial charge in [-0.1, -0.05) is 23.7 Å². The van der Waals surface area contributed by atoms with E-state index in [4.69, 9.17) is 11.6 Å². The van der Waals surface area contributed by atoms with E-state index in [0.717, 1.165) is 37.2 Å². The molecule has 1 aromatic carbocycles. The van der Waals surface area contributed by atoms with Crippen LogP contribution >= 0.6 is 11.6 Å². The molecule has 0 fully saturated rings. The number of carbonyl (C=O) groups excluding carboxylic acids is 1. The summed E-state index contributed by atoms with van der Waals surface area (Å²) in [5.41, 5.74) is 2.49. The molecular weight excluding hydrogens is 336 g/mol. The van der Waals surface area contributed by atoms with Crippen molar-refractivity contribution in [3.8, 4) is 0 Å². The van der Waals surface area contributed by atoms with Crippen LogP contribution in [0.5, 0.6) is 0 Å². The van der Waals surface area contributed by atoms with Crippen molar-refractivity contribution in [2.75, 3.05) is 39.0 Å². The van der Waals surface area contributed by atoms with E-state index in [2.05, 4.69) is 34.6 Å². The summed E-state index contributed by atoms with van der Waals surface area (Å²) < 4.78 is 0. The van der Waals surface area contributed by atoms with Crippen molar-refractivity contribution in [1.29, 1.82) is 0 Å². The van der Waals surface area contributed by atoms with Crippen LogP contribution in [-0.2, 0) is 6.42 Å². The molecule has 1 aromatic heterocycles. The molecule has 6 heteroatoms. The van der Waals surface area contributed by atoms with Crippen LogP contribution in [0.1, 0.15) is 22.5 Å². The van der Waals surface area contributed by atoms with E-state index in [1.165, 1.54) is 0 Å². The van der Waals surface area contributed by atoms with E-state index in [1.807, 2.05) is 30.3 Å². The maximum Gasteiger partial charge on any atom is 0.269 e. The summed E-state index contributed by atoms with van der Waals surface area (Å²) in [5.74, 6) is -0.159. The first-order chi connectivity index (χ1) is 12.0. The predicted octanol–water partition coefficient (Wildman–Crippen LogP) is 3.07.